The second-order valence-corrected chi connectivity index (χ2v) is 8.64. The highest BCUT2D eigenvalue weighted by molar-refractivity contribution is 5.90. The van der Waals surface area contributed by atoms with Crippen LogP contribution in [0.25, 0.3) is 28.3 Å². The van der Waals surface area contributed by atoms with Crippen molar-refractivity contribution in [2.45, 2.75) is 59.0 Å². The van der Waals surface area contributed by atoms with Crippen molar-refractivity contribution in [2.24, 2.45) is 0 Å². The summed E-state index contributed by atoms with van der Waals surface area (Å²) in [6.45, 7) is 10.9. The van der Waals surface area contributed by atoms with Crippen LogP contribution in [0.3, 0.4) is 0 Å². The lowest BCUT2D eigenvalue weighted by Crippen LogP contribution is -2.13. The van der Waals surface area contributed by atoms with Crippen LogP contribution in [0.1, 0.15) is 68.8 Å². The first kappa shape index (κ1) is 25.3. The zero-order valence-electron chi connectivity index (χ0n) is 20.7. The Morgan fingerprint density at radius 3 is 2.21 bits per heavy atom. The van der Waals surface area contributed by atoms with Crippen molar-refractivity contribution < 1.29 is 14.3 Å². The molecule has 0 heterocycles. The number of carbonyl (C=O) groups excluding carboxylic acids is 1. The quantitative estimate of drug-likeness (QED) is 0.202. The van der Waals surface area contributed by atoms with Gasteiger partial charge in [0, 0.05) is 0 Å². The number of rotatable bonds is 12. The van der Waals surface area contributed by atoms with Crippen LogP contribution >= 0.6 is 0 Å². The molecule has 0 N–H and O–H groups in total. The Morgan fingerprint density at radius 1 is 0.882 bits per heavy atom. The maximum absolute atomic E-state index is 12.2. The molecule has 0 saturated heterocycles. The lowest BCUT2D eigenvalue weighted by Gasteiger charge is -2.12. The van der Waals surface area contributed by atoms with E-state index in [1.807, 2.05) is 56.3 Å². The molecule has 0 amide bonds. The maximum Gasteiger partial charge on any atom is 0.338 e. The first-order valence-corrected chi connectivity index (χ1v) is 12.4. The van der Waals surface area contributed by atoms with Crippen LogP contribution in [0.2, 0.25) is 0 Å². The molecule has 3 nitrogen and oxygen atoms in total. The van der Waals surface area contributed by atoms with Gasteiger partial charge in [-0.05, 0) is 77.9 Å². The Kier molecular flexibility index (Phi) is 9.51. The van der Waals surface area contributed by atoms with Gasteiger partial charge in [0.15, 0.2) is 0 Å². The van der Waals surface area contributed by atoms with Crippen molar-refractivity contribution >= 4 is 12.0 Å². The smallest absolute Gasteiger partial charge is 0.338 e. The maximum atomic E-state index is 12.2. The number of esters is 1. The molecular formula is C31H36O3. The van der Waals surface area contributed by atoms with E-state index in [1.165, 1.54) is 19.3 Å². The molecule has 1 atom stereocenters. The predicted molar refractivity (Wildman–Crippen MR) is 142 cm³/mol. The fraction of sp³-hybridized carbons (Fsp3) is 0.323. The molecule has 0 unspecified atom stereocenters. The minimum absolute atomic E-state index is 0.0821. The molecule has 34 heavy (non-hydrogen) atoms. The number of carbonyl (C=O) groups is 1. The van der Waals surface area contributed by atoms with Gasteiger partial charge in [-0.25, -0.2) is 4.79 Å². The molecule has 0 aliphatic rings. The molecule has 0 aromatic heterocycles. The molecule has 3 aromatic rings. The van der Waals surface area contributed by atoms with E-state index in [4.69, 9.17) is 9.47 Å². The van der Waals surface area contributed by atoms with Gasteiger partial charge in [0.2, 0.25) is 0 Å². The van der Waals surface area contributed by atoms with Crippen LogP contribution < -0.4 is 4.74 Å². The monoisotopic (exact) mass is 456 g/mol. The minimum Gasteiger partial charge on any atom is -0.494 e. The molecule has 0 saturated carbocycles. The average molecular weight is 457 g/mol. The summed E-state index contributed by atoms with van der Waals surface area (Å²) in [6, 6.07) is 22.2. The second kappa shape index (κ2) is 12.8. The summed E-state index contributed by atoms with van der Waals surface area (Å²) in [4.78, 5) is 12.2. The van der Waals surface area contributed by atoms with Crippen molar-refractivity contribution in [1.29, 1.82) is 0 Å². The van der Waals surface area contributed by atoms with Gasteiger partial charge in [-0.15, -0.1) is 0 Å². The Balaban J connectivity index is 1.71. The summed E-state index contributed by atoms with van der Waals surface area (Å²) in [5, 5.41) is 0. The van der Waals surface area contributed by atoms with E-state index < -0.39 is 0 Å². The fourth-order valence-electron chi connectivity index (χ4n) is 3.76. The first-order chi connectivity index (χ1) is 16.5. The zero-order valence-corrected chi connectivity index (χ0v) is 20.7. The van der Waals surface area contributed by atoms with Gasteiger partial charge >= 0.3 is 5.97 Å². The van der Waals surface area contributed by atoms with Gasteiger partial charge in [-0.3, -0.25) is 0 Å². The van der Waals surface area contributed by atoms with E-state index >= 15 is 0 Å². The Labute approximate surface area is 204 Å². The highest BCUT2D eigenvalue weighted by Gasteiger charge is 2.11. The molecular weight excluding hydrogens is 420 g/mol. The van der Waals surface area contributed by atoms with Gasteiger partial charge in [-0.1, -0.05) is 82.2 Å². The largest absolute Gasteiger partial charge is 0.494 e. The lowest BCUT2D eigenvalue weighted by molar-refractivity contribution is 0.0334. The van der Waals surface area contributed by atoms with Gasteiger partial charge in [0.25, 0.3) is 0 Å². The van der Waals surface area contributed by atoms with Gasteiger partial charge in [0.1, 0.15) is 5.75 Å². The molecule has 178 valence electrons. The molecule has 3 aromatic carbocycles. The van der Waals surface area contributed by atoms with Crippen molar-refractivity contribution in [3.63, 3.8) is 0 Å². The Morgan fingerprint density at radius 2 is 1.56 bits per heavy atom. The number of unbranched alkanes of at least 4 members (excludes halogenated alkanes) is 3. The van der Waals surface area contributed by atoms with E-state index in [9.17, 15) is 4.79 Å². The summed E-state index contributed by atoms with van der Waals surface area (Å²) in [7, 11) is 0. The molecule has 0 spiro atoms. The highest BCUT2D eigenvalue weighted by atomic mass is 16.5. The summed E-state index contributed by atoms with van der Waals surface area (Å²) in [5.74, 6) is 0.625. The van der Waals surface area contributed by atoms with Crippen LogP contribution in [0.15, 0.2) is 73.3 Å². The summed E-state index contributed by atoms with van der Waals surface area (Å²) in [6.07, 6.45) is 7.41. The molecule has 0 bridgehead atoms. The summed E-state index contributed by atoms with van der Waals surface area (Å²) < 4.78 is 11.3. The van der Waals surface area contributed by atoms with Crippen LogP contribution in [-0.2, 0) is 4.74 Å². The number of ether oxygens (including phenoxy) is 2. The normalized spacial score (nSPS) is 11.6. The van der Waals surface area contributed by atoms with Crippen molar-refractivity contribution in [1.82, 2.24) is 0 Å². The van der Waals surface area contributed by atoms with E-state index in [1.54, 1.807) is 0 Å². The van der Waals surface area contributed by atoms with Crippen LogP contribution in [-0.4, -0.2) is 18.7 Å². The first-order valence-electron chi connectivity index (χ1n) is 12.4. The number of hydrogen-bond acceptors (Lipinski definition) is 3. The zero-order chi connectivity index (χ0) is 24.3. The molecule has 0 aliphatic carbocycles. The van der Waals surface area contributed by atoms with Gasteiger partial charge in [0.05, 0.1) is 18.3 Å². The Bertz CT molecular complexity index is 1060. The average Bonchev–Trinajstić information content (AvgIpc) is 2.88. The third-order valence-electron chi connectivity index (χ3n) is 6.04. The molecule has 0 aliphatic heterocycles. The van der Waals surface area contributed by atoms with E-state index in [0.717, 1.165) is 53.0 Å². The molecule has 3 heteroatoms. The SMILES string of the molecule is C=Cc1cc(-c2ccc(C(=O)O[C@H](C)CC)cc2)ccc1-c1ccc(OCCCCCC)cc1. The molecule has 0 fully saturated rings. The van der Waals surface area contributed by atoms with Crippen molar-refractivity contribution in [3.05, 3.63) is 84.4 Å². The van der Waals surface area contributed by atoms with E-state index in [-0.39, 0.29) is 12.1 Å². The number of benzene rings is 3. The van der Waals surface area contributed by atoms with E-state index in [2.05, 4.69) is 43.8 Å². The van der Waals surface area contributed by atoms with E-state index in [0.29, 0.717) is 5.56 Å². The Hall–Kier alpha value is -3.33. The lowest BCUT2D eigenvalue weighted by atomic mass is 9.94. The topological polar surface area (TPSA) is 35.5 Å². The van der Waals surface area contributed by atoms with Crippen LogP contribution in [0, 0.1) is 0 Å². The molecule has 0 radical (unpaired) electrons. The summed E-state index contributed by atoms with van der Waals surface area (Å²) in [5.41, 5.74) is 6.00. The van der Waals surface area contributed by atoms with Crippen LogP contribution in [0.4, 0.5) is 0 Å². The fourth-order valence-corrected chi connectivity index (χ4v) is 3.76. The van der Waals surface area contributed by atoms with Crippen molar-refractivity contribution in [3.8, 4) is 28.0 Å². The standard InChI is InChI=1S/C31H36O3/c1-5-8-9-10-21-33-29-18-15-26(16-19-29)30-20-17-28(22-24(30)7-3)25-11-13-27(14-12-25)31(32)34-23(4)6-2/h7,11-20,22-23H,3,5-6,8-10,21H2,1-2,4H3/t23-/m1/s1. The van der Waals surface area contributed by atoms with Crippen LogP contribution in [0.5, 0.6) is 5.75 Å². The van der Waals surface area contributed by atoms with Crippen molar-refractivity contribution in [2.75, 3.05) is 6.61 Å². The predicted octanol–water partition coefficient (Wildman–Crippen LogP) is 8.58. The summed E-state index contributed by atoms with van der Waals surface area (Å²) >= 11 is 0. The number of hydrogen-bond donors (Lipinski definition) is 0. The second-order valence-electron chi connectivity index (χ2n) is 8.64. The minimum atomic E-state index is -0.281. The molecule has 3 rings (SSSR count). The van der Waals surface area contributed by atoms with Gasteiger partial charge < -0.3 is 9.47 Å². The van der Waals surface area contributed by atoms with Gasteiger partial charge in [-0.2, -0.15) is 0 Å². The third kappa shape index (κ3) is 6.84. The highest BCUT2D eigenvalue weighted by Crippen LogP contribution is 2.31. The third-order valence-corrected chi connectivity index (χ3v) is 6.04.